The molecular formula is C10H18N2O2S. The van der Waals surface area contributed by atoms with Crippen molar-refractivity contribution >= 4 is 9.84 Å². The number of nitrogens with one attached hydrogen (secondary N) is 1. The Morgan fingerprint density at radius 1 is 1.27 bits per heavy atom. The highest BCUT2D eigenvalue weighted by Gasteiger charge is 2.50. The standard InChI is InChI=1S/C10H18N2O2S/c13-15(14)3-1-12(2-4-15)8-10-5-9(6-10)11-7-10/h9,11H,1-8H2. The number of nitrogens with zero attached hydrogens (tertiary/aromatic N) is 1. The molecule has 1 aliphatic carbocycles. The van der Waals surface area contributed by atoms with Crippen LogP contribution in [0.3, 0.4) is 0 Å². The molecular weight excluding hydrogens is 212 g/mol. The Bertz CT molecular complexity index is 340. The van der Waals surface area contributed by atoms with Crippen molar-refractivity contribution in [2.75, 3.05) is 37.7 Å². The number of sulfone groups is 1. The summed E-state index contributed by atoms with van der Waals surface area (Å²) in [5.41, 5.74) is 0.492. The normalized spacial score (nSPS) is 43.9. The maximum absolute atomic E-state index is 11.3. The highest BCUT2D eigenvalue weighted by atomic mass is 32.2. The first kappa shape index (κ1) is 10.1. The fraction of sp³-hybridized carbons (Fsp3) is 1.00. The van der Waals surface area contributed by atoms with Crippen LogP contribution in [0, 0.1) is 5.41 Å². The molecule has 15 heavy (non-hydrogen) atoms. The molecule has 0 aromatic rings. The van der Waals surface area contributed by atoms with Crippen LogP contribution >= 0.6 is 0 Å². The van der Waals surface area contributed by atoms with Gasteiger partial charge in [-0.2, -0.15) is 0 Å². The molecule has 0 aromatic heterocycles. The molecule has 0 amide bonds. The molecule has 1 saturated carbocycles. The van der Waals surface area contributed by atoms with E-state index in [0.717, 1.165) is 32.2 Å². The monoisotopic (exact) mass is 230 g/mol. The number of fused-ring (bicyclic) bond motifs is 1. The van der Waals surface area contributed by atoms with Gasteiger partial charge in [-0.3, -0.25) is 0 Å². The summed E-state index contributed by atoms with van der Waals surface area (Å²) in [5.74, 6) is 0.722. The van der Waals surface area contributed by atoms with Gasteiger partial charge in [0.2, 0.25) is 0 Å². The van der Waals surface area contributed by atoms with Crippen LogP contribution in [0.15, 0.2) is 0 Å². The smallest absolute Gasteiger partial charge is 0.152 e. The quantitative estimate of drug-likeness (QED) is 0.693. The van der Waals surface area contributed by atoms with Gasteiger partial charge in [0.25, 0.3) is 0 Å². The summed E-state index contributed by atoms with van der Waals surface area (Å²) in [7, 11) is -2.71. The van der Waals surface area contributed by atoms with E-state index in [0.29, 0.717) is 16.9 Å². The summed E-state index contributed by atoms with van der Waals surface area (Å²) in [6, 6.07) is 0.763. The zero-order valence-electron chi connectivity index (χ0n) is 8.91. The second-order valence-electron chi connectivity index (χ2n) is 5.41. The van der Waals surface area contributed by atoms with Gasteiger partial charge in [0.15, 0.2) is 9.84 Å². The van der Waals surface area contributed by atoms with E-state index in [1.54, 1.807) is 0 Å². The third-order valence-corrected chi connectivity index (χ3v) is 5.73. The lowest BCUT2D eigenvalue weighted by atomic mass is 9.70. The second kappa shape index (κ2) is 3.18. The molecule has 2 bridgehead atoms. The summed E-state index contributed by atoms with van der Waals surface area (Å²) in [6.45, 7) is 3.73. The van der Waals surface area contributed by atoms with Crippen molar-refractivity contribution in [1.29, 1.82) is 0 Å². The SMILES string of the molecule is O=S1(=O)CCN(CC23CNC(C2)C3)CC1. The third kappa shape index (κ3) is 1.81. The molecule has 0 unspecified atom stereocenters. The molecule has 0 spiro atoms. The average molecular weight is 230 g/mol. The second-order valence-corrected chi connectivity index (χ2v) is 7.72. The number of rotatable bonds is 2. The minimum Gasteiger partial charge on any atom is -0.313 e. The van der Waals surface area contributed by atoms with Crippen molar-refractivity contribution in [3.05, 3.63) is 0 Å². The molecule has 0 aromatic carbocycles. The topological polar surface area (TPSA) is 49.4 Å². The summed E-state index contributed by atoms with van der Waals surface area (Å²) in [4.78, 5) is 2.34. The maximum atomic E-state index is 11.3. The fourth-order valence-corrected chi connectivity index (χ4v) is 4.48. The Morgan fingerprint density at radius 2 is 1.93 bits per heavy atom. The Morgan fingerprint density at radius 3 is 2.47 bits per heavy atom. The van der Waals surface area contributed by atoms with Crippen LogP contribution in [0.2, 0.25) is 0 Å². The first-order valence-electron chi connectivity index (χ1n) is 5.73. The van der Waals surface area contributed by atoms with Crippen molar-refractivity contribution in [1.82, 2.24) is 10.2 Å². The predicted molar refractivity (Wildman–Crippen MR) is 58.6 cm³/mol. The van der Waals surface area contributed by atoms with Gasteiger partial charge in [-0.1, -0.05) is 0 Å². The lowest BCUT2D eigenvalue weighted by Gasteiger charge is -2.41. The molecule has 4 fully saturated rings. The van der Waals surface area contributed by atoms with E-state index in [9.17, 15) is 8.42 Å². The van der Waals surface area contributed by atoms with Gasteiger partial charge in [-0.25, -0.2) is 8.42 Å². The van der Waals surface area contributed by atoms with Gasteiger partial charge in [-0.05, 0) is 18.3 Å². The molecule has 4 nitrogen and oxygen atoms in total. The summed E-state index contributed by atoms with van der Waals surface area (Å²) in [6.07, 6.45) is 2.60. The van der Waals surface area contributed by atoms with E-state index in [1.807, 2.05) is 0 Å². The molecule has 4 rings (SSSR count). The van der Waals surface area contributed by atoms with Gasteiger partial charge >= 0.3 is 0 Å². The van der Waals surface area contributed by atoms with E-state index < -0.39 is 9.84 Å². The van der Waals surface area contributed by atoms with Crippen LogP contribution in [-0.4, -0.2) is 57.0 Å². The van der Waals surface area contributed by atoms with Crippen LogP contribution in [0.25, 0.3) is 0 Å². The van der Waals surface area contributed by atoms with Crippen molar-refractivity contribution in [3.8, 4) is 0 Å². The van der Waals surface area contributed by atoms with Gasteiger partial charge in [0.1, 0.15) is 0 Å². The Hall–Kier alpha value is -0.130. The third-order valence-electron chi connectivity index (χ3n) is 4.12. The Kier molecular flexibility index (Phi) is 2.13. The van der Waals surface area contributed by atoms with E-state index >= 15 is 0 Å². The molecule has 3 heterocycles. The largest absolute Gasteiger partial charge is 0.313 e. The molecule has 3 aliphatic heterocycles. The van der Waals surface area contributed by atoms with Crippen LogP contribution in [0.1, 0.15) is 12.8 Å². The van der Waals surface area contributed by atoms with Gasteiger partial charge < -0.3 is 10.2 Å². The first-order valence-corrected chi connectivity index (χ1v) is 7.55. The van der Waals surface area contributed by atoms with Crippen LogP contribution < -0.4 is 5.32 Å². The number of hydrogen-bond acceptors (Lipinski definition) is 4. The highest BCUT2D eigenvalue weighted by Crippen LogP contribution is 2.46. The van der Waals surface area contributed by atoms with E-state index in [2.05, 4.69) is 10.2 Å². The summed E-state index contributed by atoms with van der Waals surface area (Å²) >= 11 is 0. The summed E-state index contributed by atoms with van der Waals surface area (Å²) < 4.78 is 22.6. The Balaban J connectivity index is 1.57. The maximum Gasteiger partial charge on any atom is 0.152 e. The molecule has 4 aliphatic rings. The van der Waals surface area contributed by atoms with E-state index in [1.165, 1.54) is 12.8 Å². The summed E-state index contributed by atoms with van der Waals surface area (Å²) in [5, 5.41) is 3.50. The lowest BCUT2D eigenvalue weighted by molar-refractivity contribution is 0.114. The Labute approximate surface area is 90.9 Å². The van der Waals surface area contributed by atoms with Crippen LogP contribution in [-0.2, 0) is 9.84 Å². The lowest BCUT2D eigenvalue weighted by Crippen LogP contribution is -2.49. The fourth-order valence-electron chi connectivity index (χ4n) is 3.20. The van der Waals surface area contributed by atoms with Crippen molar-refractivity contribution in [2.45, 2.75) is 18.9 Å². The predicted octanol–water partition coefficient (Wildman–Crippen LogP) is -0.531. The average Bonchev–Trinajstić information content (AvgIpc) is 2.67. The molecule has 0 radical (unpaired) electrons. The van der Waals surface area contributed by atoms with Gasteiger partial charge in [0.05, 0.1) is 11.5 Å². The first-order chi connectivity index (χ1) is 7.07. The minimum atomic E-state index is -2.71. The highest BCUT2D eigenvalue weighted by molar-refractivity contribution is 7.91. The molecule has 3 saturated heterocycles. The minimum absolute atomic E-state index is 0.361. The van der Waals surface area contributed by atoms with Crippen molar-refractivity contribution < 1.29 is 8.42 Å². The van der Waals surface area contributed by atoms with Crippen LogP contribution in [0.5, 0.6) is 0 Å². The van der Waals surface area contributed by atoms with Crippen LogP contribution in [0.4, 0.5) is 0 Å². The van der Waals surface area contributed by atoms with Gasteiger partial charge in [-0.15, -0.1) is 0 Å². The molecule has 5 heteroatoms. The molecule has 86 valence electrons. The van der Waals surface area contributed by atoms with Crippen molar-refractivity contribution in [2.24, 2.45) is 5.41 Å². The zero-order valence-corrected chi connectivity index (χ0v) is 9.72. The van der Waals surface area contributed by atoms with Crippen molar-refractivity contribution in [3.63, 3.8) is 0 Å². The molecule has 0 atom stereocenters. The van der Waals surface area contributed by atoms with E-state index in [-0.39, 0.29) is 0 Å². The van der Waals surface area contributed by atoms with E-state index in [4.69, 9.17) is 0 Å². The molecule has 1 N–H and O–H groups in total. The zero-order chi connectivity index (χ0) is 10.5. The van der Waals surface area contributed by atoms with Gasteiger partial charge in [0, 0.05) is 32.2 Å². The number of hydrogen-bond donors (Lipinski definition) is 1.